The number of methoxy groups -OCH3 is 2. The summed E-state index contributed by atoms with van der Waals surface area (Å²) in [6, 6.07) is 15.6. The van der Waals surface area contributed by atoms with Crippen molar-refractivity contribution in [2.45, 2.75) is 23.9 Å². The number of benzene rings is 2. The van der Waals surface area contributed by atoms with Gasteiger partial charge in [0.1, 0.15) is 17.3 Å². The summed E-state index contributed by atoms with van der Waals surface area (Å²) in [7, 11) is -0.842. The minimum absolute atomic E-state index is 0.0720. The highest BCUT2D eigenvalue weighted by Crippen LogP contribution is 2.24. The number of rotatable bonds is 10. The summed E-state index contributed by atoms with van der Waals surface area (Å²) in [6.07, 6.45) is 1.42. The van der Waals surface area contributed by atoms with Crippen molar-refractivity contribution in [3.05, 3.63) is 78.3 Å². The van der Waals surface area contributed by atoms with Gasteiger partial charge in [0.25, 0.3) is 0 Å². The van der Waals surface area contributed by atoms with Crippen molar-refractivity contribution in [3.63, 3.8) is 0 Å². The van der Waals surface area contributed by atoms with E-state index in [1.165, 1.54) is 25.5 Å². The summed E-state index contributed by atoms with van der Waals surface area (Å²) < 4.78 is 44.0. The lowest BCUT2D eigenvalue weighted by Crippen LogP contribution is -2.33. The summed E-state index contributed by atoms with van der Waals surface area (Å²) in [5, 5.41) is 2.74. The molecular weight excluding hydrogens is 420 g/mol. The molecule has 0 aliphatic rings. The highest BCUT2D eigenvalue weighted by Gasteiger charge is 2.24. The van der Waals surface area contributed by atoms with Crippen molar-refractivity contribution >= 4 is 15.9 Å². The molecule has 0 fully saturated rings. The molecule has 0 spiro atoms. The Balaban J connectivity index is 1.79. The predicted octanol–water partition coefficient (Wildman–Crippen LogP) is 3.02. The standard InChI is InChI=1S/C22H24N2O6S/c1-28-17-7-5-16(6-8-17)21(14-22(25)23-15-19-4-3-13-30-19)24-31(26,27)20-11-9-18(29-2)10-12-20/h3-13,21,24H,14-15H2,1-2H3,(H,23,25)/t21-/m0/s1. The van der Waals surface area contributed by atoms with Gasteiger partial charge in [-0.3, -0.25) is 4.79 Å². The number of nitrogens with one attached hydrogen (secondary N) is 2. The topological polar surface area (TPSA) is 107 Å². The third-order valence-electron chi connectivity index (χ3n) is 4.61. The van der Waals surface area contributed by atoms with Crippen LogP contribution in [0.2, 0.25) is 0 Å². The second-order valence-corrected chi connectivity index (χ2v) is 8.40. The number of carbonyl (C=O) groups excluding carboxylic acids is 1. The first-order chi connectivity index (χ1) is 14.9. The van der Waals surface area contributed by atoms with Crippen LogP contribution in [0.4, 0.5) is 0 Å². The summed E-state index contributed by atoms with van der Waals surface area (Å²) in [4.78, 5) is 12.6. The van der Waals surface area contributed by atoms with E-state index in [9.17, 15) is 13.2 Å². The van der Waals surface area contributed by atoms with E-state index in [1.807, 2.05) is 0 Å². The molecule has 0 bridgehead atoms. The van der Waals surface area contributed by atoms with Gasteiger partial charge in [-0.2, -0.15) is 0 Å². The van der Waals surface area contributed by atoms with E-state index in [4.69, 9.17) is 13.9 Å². The van der Waals surface area contributed by atoms with Gasteiger partial charge >= 0.3 is 0 Å². The number of hydrogen-bond donors (Lipinski definition) is 2. The molecule has 1 heterocycles. The zero-order valence-electron chi connectivity index (χ0n) is 17.2. The van der Waals surface area contributed by atoms with Gasteiger partial charge in [-0.15, -0.1) is 0 Å². The molecule has 0 aliphatic heterocycles. The monoisotopic (exact) mass is 444 g/mol. The first-order valence-electron chi connectivity index (χ1n) is 9.50. The normalized spacial score (nSPS) is 12.2. The van der Waals surface area contributed by atoms with E-state index in [0.29, 0.717) is 22.8 Å². The minimum Gasteiger partial charge on any atom is -0.497 e. The van der Waals surface area contributed by atoms with Crippen molar-refractivity contribution in [3.8, 4) is 11.5 Å². The molecule has 31 heavy (non-hydrogen) atoms. The molecule has 0 aliphatic carbocycles. The predicted molar refractivity (Wildman–Crippen MR) is 114 cm³/mol. The Morgan fingerprint density at radius 3 is 2.13 bits per heavy atom. The SMILES string of the molecule is COc1ccc([C@H](CC(=O)NCc2ccco2)NS(=O)(=O)c2ccc(OC)cc2)cc1. The molecule has 164 valence electrons. The van der Waals surface area contributed by atoms with Crippen LogP contribution in [0.15, 0.2) is 76.2 Å². The van der Waals surface area contributed by atoms with E-state index in [0.717, 1.165) is 0 Å². The zero-order valence-corrected chi connectivity index (χ0v) is 18.0. The van der Waals surface area contributed by atoms with Gasteiger partial charge in [0.2, 0.25) is 15.9 Å². The molecule has 2 aromatic carbocycles. The van der Waals surface area contributed by atoms with Gasteiger partial charge in [-0.1, -0.05) is 12.1 Å². The van der Waals surface area contributed by atoms with Crippen LogP contribution in [0.1, 0.15) is 23.8 Å². The van der Waals surface area contributed by atoms with Crippen molar-refractivity contribution in [2.75, 3.05) is 14.2 Å². The second-order valence-electron chi connectivity index (χ2n) is 6.68. The fourth-order valence-electron chi connectivity index (χ4n) is 2.93. The Labute approximate surface area is 181 Å². The van der Waals surface area contributed by atoms with Crippen LogP contribution >= 0.6 is 0 Å². The number of hydrogen-bond acceptors (Lipinski definition) is 6. The summed E-state index contributed by atoms with van der Waals surface area (Å²) >= 11 is 0. The van der Waals surface area contributed by atoms with E-state index in [1.54, 1.807) is 55.6 Å². The van der Waals surface area contributed by atoms with Crippen molar-refractivity contribution in [1.82, 2.24) is 10.0 Å². The number of furan rings is 1. The summed E-state index contributed by atoms with van der Waals surface area (Å²) in [5.41, 5.74) is 0.631. The molecule has 8 nitrogen and oxygen atoms in total. The van der Waals surface area contributed by atoms with Crippen LogP contribution in [-0.4, -0.2) is 28.5 Å². The lowest BCUT2D eigenvalue weighted by Gasteiger charge is -2.19. The van der Waals surface area contributed by atoms with Crippen LogP contribution in [0.5, 0.6) is 11.5 Å². The van der Waals surface area contributed by atoms with Gasteiger partial charge in [0.15, 0.2) is 0 Å². The second kappa shape index (κ2) is 10.1. The highest BCUT2D eigenvalue weighted by atomic mass is 32.2. The van der Waals surface area contributed by atoms with Crippen LogP contribution in [0.3, 0.4) is 0 Å². The van der Waals surface area contributed by atoms with Crippen LogP contribution < -0.4 is 19.5 Å². The molecule has 0 saturated carbocycles. The summed E-state index contributed by atoms with van der Waals surface area (Å²) in [6.45, 7) is 0.215. The number of ether oxygens (including phenoxy) is 2. The maximum Gasteiger partial charge on any atom is 0.241 e. The molecular formula is C22H24N2O6S. The Hall–Kier alpha value is -3.30. The maximum atomic E-state index is 12.9. The van der Waals surface area contributed by atoms with Crippen molar-refractivity contribution in [2.24, 2.45) is 0 Å². The first kappa shape index (κ1) is 22.4. The minimum atomic E-state index is -3.89. The number of sulfonamides is 1. The molecule has 1 atom stereocenters. The molecule has 1 aromatic heterocycles. The van der Waals surface area contributed by atoms with Crippen molar-refractivity contribution in [1.29, 1.82) is 0 Å². The molecule has 9 heteroatoms. The maximum absolute atomic E-state index is 12.9. The smallest absolute Gasteiger partial charge is 0.241 e. The van der Waals surface area contributed by atoms with Gasteiger partial charge in [0, 0.05) is 6.42 Å². The van der Waals surface area contributed by atoms with Crippen LogP contribution in [0.25, 0.3) is 0 Å². The summed E-state index contributed by atoms with van der Waals surface area (Å²) in [5.74, 6) is 1.45. The van der Waals surface area contributed by atoms with E-state index in [2.05, 4.69) is 10.0 Å². The Bertz CT molecular complexity index is 1080. The zero-order chi connectivity index (χ0) is 22.3. The molecule has 0 radical (unpaired) electrons. The highest BCUT2D eigenvalue weighted by molar-refractivity contribution is 7.89. The Morgan fingerprint density at radius 1 is 0.968 bits per heavy atom. The molecule has 0 unspecified atom stereocenters. The lowest BCUT2D eigenvalue weighted by atomic mass is 10.0. The third-order valence-corrected chi connectivity index (χ3v) is 6.10. The average molecular weight is 445 g/mol. The molecule has 3 rings (SSSR count). The van der Waals surface area contributed by atoms with E-state index >= 15 is 0 Å². The van der Waals surface area contributed by atoms with E-state index < -0.39 is 16.1 Å². The fourth-order valence-corrected chi connectivity index (χ4v) is 4.15. The average Bonchev–Trinajstić information content (AvgIpc) is 3.31. The van der Waals surface area contributed by atoms with Gasteiger partial charge in [-0.25, -0.2) is 13.1 Å². The van der Waals surface area contributed by atoms with Crippen LogP contribution in [0, 0.1) is 0 Å². The van der Waals surface area contributed by atoms with Gasteiger partial charge in [-0.05, 0) is 54.1 Å². The van der Waals surface area contributed by atoms with Gasteiger partial charge < -0.3 is 19.2 Å². The fraction of sp³-hybridized carbons (Fsp3) is 0.227. The van der Waals surface area contributed by atoms with Crippen LogP contribution in [-0.2, 0) is 21.4 Å². The molecule has 3 aromatic rings. The third kappa shape index (κ3) is 6.09. The molecule has 1 amide bonds. The number of carbonyl (C=O) groups is 1. The van der Waals surface area contributed by atoms with Crippen molar-refractivity contribution < 1.29 is 27.1 Å². The first-order valence-corrected chi connectivity index (χ1v) is 11.0. The quantitative estimate of drug-likeness (QED) is 0.498. The largest absolute Gasteiger partial charge is 0.497 e. The Kier molecular flexibility index (Phi) is 7.32. The lowest BCUT2D eigenvalue weighted by molar-refractivity contribution is -0.121. The van der Waals surface area contributed by atoms with E-state index in [-0.39, 0.29) is 23.8 Å². The molecule has 2 N–H and O–H groups in total. The number of amides is 1. The molecule has 0 saturated heterocycles. The van der Waals surface area contributed by atoms with Gasteiger partial charge in [0.05, 0.1) is 38.0 Å². The Morgan fingerprint density at radius 2 is 1.58 bits per heavy atom.